The molecule has 140 valence electrons. The first kappa shape index (κ1) is 17.9. The van der Waals surface area contributed by atoms with Gasteiger partial charge in [0.1, 0.15) is 17.9 Å². The summed E-state index contributed by atoms with van der Waals surface area (Å²) in [5, 5.41) is 9.39. The van der Waals surface area contributed by atoms with Crippen molar-refractivity contribution < 1.29 is 23.4 Å². The first-order chi connectivity index (χ1) is 13.5. The Morgan fingerprint density at radius 2 is 2.04 bits per heavy atom. The van der Waals surface area contributed by atoms with Crippen molar-refractivity contribution in [2.45, 2.75) is 0 Å². The highest BCUT2D eigenvalue weighted by Crippen LogP contribution is 2.32. The molecule has 28 heavy (non-hydrogen) atoms. The Morgan fingerprint density at radius 1 is 1.21 bits per heavy atom. The van der Waals surface area contributed by atoms with Crippen LogP contribution in [0.3, 0.4) is 0 Å². The van der Waals surface area contributed by atoms with E-state index in [-0.39, 0.29) is 4.91 Å². The number of hydrogen-bond acceptors (Lipinski definition) is 7. The van der Waals surface area contributed by atoms with Crippen molar-refractivity contribution in [2.24, 2.45) is 0 Å². The molecule has 4 rings (SSSR count). The van der Waals surface area contributed by atoms with Crippen molar-refractivity contribution in [3.05, 3.63) is 58.8 Å². The summed E-state index contributed by atoms with van der Waals surface area (Å²) in [7, 11) is 0. The normalized spacial score (nSPS) is 15.6. The van der Waals surface area contributed by atoms with Crippen molar-refractivity contribution in [3.8, 4) is 0 Å². The zero-order chi connectivity index (χ0) is 19.7. The number of anilines is 1. The van der Waals surface area contributed by atoms with Crippen molar-refractivity contribution in [2.75, 3.05) is 11.9 Å². The van der Waals surface area contributed by atoms with E-state index in [2.05, 4.69) is 20.3 Å². The van der Waals surface area contributed by atoms with E-state index in [0.717, 1.165) is 4.90 Å². The van der Waals surface area contributed by atoms with Crippen molar-refractivity contribution in [1.29, 1.82) is 0 Å². The van der Waals surface area contributed by atoms with E-state index in [1.54, 1.807) is 24.3 Å². The molecule has 3 amide bonds. The highest BCUT2D eigenvalue weighted by molar-refractivity contribution is 8.18. The lowest BCUT2D eigenvalue weighted by Gasteiger charge is -2.12. The molecule has 1 aromatic heterocycles. The van der Waals surface area contributed by atoms with Gasteiger partial charge in [-0.2, -0.15) is 0 Å². The number of aromatic nitrogens is 2. The maximum atomic E-state index is 13.3. The number of fused-ring (bicyclic) bond motifs is 1. The molecule has 0 atom stereocenters. The quantitative estimate of drug-likeness (QED) is 0.674. The lowest BCUT2D eigenvalue weighted by Crippen LogP contribution is -2.36. The molecule has 0 unspecified atom stereocenters. The molecule has 0 saturated carbocycles. The van der Waals surface area contributed by atoms with Gasteiger partial charge in [-0.05, 0) is 58.0 Å². The number of benzene rings is 2. The molecule has 1 N–H and O–H groups in total. The number of imide groups is 1. The monoisotopic (exact) mass is 398 g/mol. The lowest BCUT2D eigenvalue weighted by molar-refractivity contribution is -0.127. The van der Waals surface area contributed by atoms with Gasteiger partial charge < -0.3 is 5.32 Å². The van der Waals surface area contributed by atoms with Crippen molar-refractivity contribution in [3.63, 3.8) is 0 Å². The summed E-state index contributed by atoms with van der Waals surface area (Å²) in [4.78, 5) is 37.9. The Hall–Kier alpha value is -3.53. The number of rotatable bonds is 4. The second kappa shape index (κ2) is 7.24. The zero-order valence-electron chi connectivity index (χ0n) is 14.1. The third-order valence-corrected chi connectivity index (χ3v) is 4.79. The summed E-state index contributed by atoms with van der Waals surface area (Å²) in [5.41, 5.74) is 1.61. The smallest absolute Gasteiger partial charge is 0.294 e. The number of carbonyl (C=O) groups is 3. The predicted molar refractivity (Wildman–Crippen MR) is 99.5 cm³/mol. The van der Waals surface area contributed by atoms with E-state index in [0.29, 0.717) is 34.0 Å². The fourth-order valence-corrected chi connectivity index (χ4v) is 3.46. The minimum Gasteiger partial charge on any atom is -0.322 e. The number of thioether (sulfide) groups is 1. The number of nitrogens with zero attached hydrogens (tertiary/aromatic N) is 3. The van der Waals surface area contributed by atoms with E-state index in [9.17, 15) is 18.8 Å². The summed E-state index contributed by atoms with van der Waals surface area (Å²) < 4.78 is 17.9. The van der Waals surface area contributed by atoms with Gasteiger partial charge in [0.05, 0.1) is 10.6 Å². The van der Waals surface area contributed by atoms with E-state index >= 15 is 0 Å². The number of amides is 3. The van der Waals surface area contributed by atoms with Crippen LogP contribution in [0.5, 0.6) is 0 Å². The van der Waals surface area contributed by atoms with E-state index < -0.39 is 29.4 Å². The topological polar surface area (TPSA) is 105 Å². The minimum absolute atomic E-state index is 0.117. The molecule has 0 radical (unpaired) electrons. The molecule has 2 aromatic carbocycles. The number of nitrogens with one attached hydrogen (secondary N) is 1. The Kier molecular flexibility index (Phi) is 4.62. The minimum atomic E-state index is -0.615. The molecule has 1 aliphatic heterocycles. The fraction of sp³-hybridized carbons (Fsp3) is 0.0556. The molecule has 1 saturated heterocycles. The summed E-state index contributed by atoms with van der Waals surface area (Å²) in [6, 6.07) is 10.5. The summed E-state index contributed by atoms with van der Waals surface area (Å²) in [6.07, 6.45) is 1.41. The van der Waals surface area contributed by atoms with Crippen LogP contribution in [0.2, 0.25) is 0 Å². The molecular formula is C18H11FN4O4S. The first-order valence-corrected chi connectivity index (χ1v) is 8.85. The van der Waals surface area contributed by atoms with Crippen LogP contribution in [0.25, 0.3) is 17.1 Å². The number of carbonyl (C=O) groups excluding carboxylic acids is 3. The Balaban J connectivity index is 1.48. The molecule has 1 aliphatic rings. The lowest BCUT2D eigenvalue weighted by atomic mass is 10.2. The van der Waals surface area contributed by atoms with Gasteiger partial charge in [-0.1, -0.05) is 18.2 Å². The van der Waals surface area contributed by atoms with Crippen LogP contribution in [0.4, 0.5) is 14.9 Å². The largest absolute Gasteiger partial charge is 0.322 e. The second-order valence-electron chi connectivity index (χ2n) is 5.81. The summed E-state index contributed by atoms with van der Waals surface area (Å²) >= 11 is 0.693. The van der Waals surface area contributed by atoms with Crippen molar-refractivity contribution >= 4 is 51.6 Å². The molecule has 8 nitrogen and oxygen atoms in total. The predicted octanol–water partition coefficient (Wildman–Crippen LogP) is 3.04. The van der Waals surface area contributed by atoms with Gasteiger partial charge >= 0.3 is 0 Å². The Morgan fingerprint density at radius 3 is 2.86 bits per heavy atom. The zero-order valence-corrected chi connectivity index (χ0v) is 14.9. The van der Waals surface area contributed by atoms with Crippen molar-refractivity contribution in [1.82, 2.24) is 15.2 Å². The SMILES string of the molecule is O=C(CN1C(=O)SC(=Cc2cccc(F)c2)C1=O)Nc1cccc2nonc12. The number of halogens is 1. The van der Waals surface area contributed by atoms with Gasteiger partial charge in [-0.3, -0.25) is 19.3 Å². The average Bonchev–Trinajstić information content (AvgIpc) is 3.23. The summed E-state index contributed by atoms with van der Waals surface area (Å²) in [5.74, 6) is -1.65. The van der Waals surface area contributed by atoms with E-state index in [4.69, 9.17) is 0 Å². The molecule has 0 spiro atoms. The van der Waals surface area contributed by atoms with Crippen LogP contribution < -0.4 is 5.32 Å². The highest BCUT2D eigenvalue weighted by atomic mass is 32.2. The van der Waals surface area contributed by atoms with Crippen LogP contribution >= 0.6 is 11.8 Å². The maximum absolute atomic E-state index is 13.3. The van der Waals surface area contributed by atoms with Crippen LogP contribution in [0.15, 0.2) is 52.0 Å². The van der Waals surface area contributed by atoms with E-state index in [1.807, 2.05) is 0 Å². The van der Waals surface area contributed by atoms with Crippen LogP contribution in [-0.2, 0) is 9.59 Å². The third-order valence-electron chi connectivity index (χ3n) is 3.88. The van der Waals surface area contributed by atoms with Gasteiger partial charge in [0.15, 0.2) is 5.52 Å². The van der Waals surface area contributed by atoms with E-state index in [1.165, 1.54) is 24.3 Å². The van der Waals surface area contributed by atoms with Gasteiger partial charge in [-0.15, -0.1) is 0 Å². The number of hydrogen-bond donors (Lipinski definition) is 1. The molecule has 0 bridgehead atoms. The highest BCUT2D eigenvalue weighted by Gasteiger charge is 2.36. The molecule has 10 heteroatoms. The van der Waals surface area contributed by atoms with Crippen LogP contribution in [0.1, 0.15) is 5.56 Å². The van der Waals surface area contributed by atoms with Crippen LogP contribution in [-0.4, -0.2) is 38.8 Å². The maximum Gasteiger partial charge on any atom is 0.294 e. The Labute approximate surface area is 161 Å². The Bertz CT molecular complexity index is 1140. The molecule has 0 aliphatic carbocycles. The van der Waals surface area contributed by atoms with Crippen LogP contribution in [0, 0.1) is 5.82 Å². The molecule has 1 fully saturated rings. The average molecular weight is 398 g/mol. The van der Waals surface area contributed by atoms with Gasteiger partial charge in [0, 0.05) is 0 Å². The first-order valence-electron chi connectivity index (χ1n) is 8.03. The molecular weight excluding hydrogens is 387 g/mol. The fourth-order valence-electron chi connectivity index (χ4n) is 2.62. The summed E-state index contributed by atoms with van der Waals surface area (Å²) in [6.45, 7) is -0.465. The molecule has 3 aromatic rings. The standard InChI is InChI=1S/C18H11FN4O4S/c19-11-4-1-3-10(7-11)8-14-17(25)23(18(26)28-14)9-15(24)20-12-5-2-6-13-16(12)22-27-21-13/h1-8H,9H2,(H,20,24). The second-order valence-corrected chi connectivity index (χ2v) is 6.80. The van der Waals surface area contributed by atoms with Gasteiger partial charge in [0.2, 0.25) is 5.91 Å². The third kappa shape index (κ3) is 3.49. The molecule has 2 heterocycles. The van der Waals surface area contributed by atoms with Gasteiger partial charge in [-0.25, -0.2) is 9.02 Å². The van der Waals surface area contributed by atoms with Gasteiger partial charge in [0.25, 0.3) is 11.1 Å².